The van der Waals surface area contributed by atoms with Crippen molar-refractivity contribution in [3.8, 4) is 34.5 Å². The number of rotatable bonds is 11. The van der Waals surface area contributed by atoms with Crippen molar-refractivity contribution in [3.63, 3.8) is 0 Å². The monoisotopic (exact) mass is 549 g/mol. The van der Waals surface area contributed by atoms with E-state index >= 15 is 0 Å². The van der Waals surface area contributed by atoms with E-state index in [-0.39, 0.29) is 5.75 Å². The highest BCUT2D eigenvalue weighted by molar-refractivity contribution is 5.63. The summed E-state index contributed by atoms with van der Waals surface area (Å²) in [4.78, 5) is 7.56. The lowest BCUT2D eigenvalue weighted by atomic mass is 10.1. The number of nitrogens with zero attached hydrogens (tertiary/aromatic N) is 5. The van der Waals surface area contributed by atoms with Gasteiger partial charge in [0.15, 0.2) is 11.5 Å². The first-order valence-electron chi connectivity index (χ1n) is 14.2. The number of ether oxygens (including phenoxy) is 2. The molecule has 0 spiro atoms. The fourth-order valence-electron chi connectivity index (χ4n) is 5.31. The fraction of sp³-hybridized carbons (Fsp3) is 0.273. The van der Waals surface area contributed by atoms with Crippen LogP contribution >= 0.6 is 0 Å². The van der Waals surface area contributed by atoms with Crippen LogP contribution < -0.4 is 9.47 Å². The number of phenols is 1. The standard InChI is InChI=1S/C33H35N5O3/c1-2-3-16-37-29(32(27-10-5-4-6-11-27)35-33(37)38-17-8-15-34-38)24-36(22-25-9-7-12-28(39)20-25)23-26-13-14-30-31(21-26)41-19-18-40-30/h4-15,17,20-21,39H,2-3,16,18-19,22-24H2,1H3. The molecule has 0 unspecified atom stereocenters. The van der Waals surface area contributed by atoms with Gasteiger partial charge in [0.05, 0.1) is 11.4 Å². The first-order valence-corrected chi connectivity index (χ1v) is 14.2. The van der Waals surface area contributed by atoms with Crippen molar-refractivity contribution in [2.45, 2.75) is 45.9 Å². The Balaban J connectivity index is 1.42. The Morgan fingerprint density at radius 3 is 2.41 bits per heavy atom. The highest BCUT2D eigenvalue weighted by Gasteiger charge is 2.23. The Bertz CT molecular complexity index is 1580. The van der Waals surface area contributed by atoms with E-state index in [0.717, 1.165) is 64.9 Å². The molecule has 5 aromatic rings. The van der Waals surface area contributed by atoms with Gasteiger partial charge >= 0.3 is 0 Å². The highest BCUT2D eigenvalue weighted by atomic mass is 16.6. The van der Waals surface area contributed by atoms with Crippen LogP contribution in [0.1, 0.15) is 36.6 Å². The van der Waals surface area contributed by atoms with Gasteiger partial charge in [-0.15, -0.1) is 0 Å². The van der Waals surface area contributed by atoms with Crippen LogP contribution in [-0.4, -0.2) is 42.6 Å². The fourth-order valence-corrected chi connectivity index (χ4v) is 5.31. The molecule has 1 N–H and O–H groups in total. The quantitative estimate of drug-likeness (QED) is 0.211. The van der Waals surface area contributed by atoms with Gasteiger partial charge in [0.25, 0.3) is 0 Å². The summed E-state index contributed by atoms with van der Waals surface area (Å²) in [5.74, 6) is 2.65. The van der Waals surface area contributed by atoms with E-state index in [2.05, 4.69) is 64.0 Å². The minimum absolute atomic E-state index is 0.265. The zero-order valence-electron chi connectivity index (χ0n) is 23.3. The van der Waals surface area contributed by atoms with E-state index in [1.54, 1.807) is 12.3 Å². The van der Waals surface area contributed by atoms with E-state index in [4.69, 9.17) is 14.5 Å². The number of hydrogen-bond acceptors (Lipinski definition) is 6. The molecule has 1 aliphatic rings. The summed E-state index contributed by atoms with van der Waals surface area (Å²) < 4.78 is 15.8. The van der Waals surface area contributed by atoms with Crippen molar-refractivity contribution in [1.29, 1.82) is 0 Å². The average Bonchev–Trinajstić information content (AvgIpc) is 3.65. The molecule has 3 heterocycles. The second-order valence-corrected chi connectivity index (χ2v) is 10.3. The van der Waals surface area contributed by atoms with Gasteiger partial charge in [0, 0.05) is 44.1 Å². The Kier molecular flexibility index (Phi) is 8.00. The summed E-state index contributed by atoms with van der Waals surface area (Å²) in [6.07, 6.45) is 5.83. The lowest BCUT2D eigenvalue weighted by Gasteiger charge is -2.25. The number of aromatic hydroxyl groups is 1. The largest absolute Gasteiger partial charge is 0.508 e. The maximum absolute atomic E-state index is 10.2. The van der Waals surface area contributed by atoms with Crippen LogP contribution in [-0.2, 0) is 26.2 Å². The number of fused-ring (bicyclic) bond motifs is 1. The molecule has 3 aromatic carbocycles. The van der Waals surface area contributed by atoms with Crippen LogP contribution in [0.25, 0.3) is 17.2 Å². The molecule has 1 aliphatic heterocycles. The van der Waals surface area contributed by atoms with E-state index in [1.165, 1.54) is 0 Å². The number of imidazole rings is 1. The van der Waals surface area contributed by atoms with E-state index in [0.29, 0.717) is 32.8 Å². The molecule has 0 bridgehead atoms. The molecule has 8 nitrogen and oxygen atoms in total. The molecule has 0 atom stereocenters. The van der Waals surface area contributed by atoms with E-state index < -0.39 is 0 Å². The third kappa shape index (κ3) is 6.12. The zero-order valence-corrected chi connectivity index (χ0v) is 23.3. The molecular formula is C33H35N5O3. The summed E-state index contributed by atoms with van der Waals surface area (Å²) >= 11 is 0. The number of phenolic OH excluding ortho intramolecular Hbond substituents is 1. The first kappa shape index (κ1) is 26.7. The van der Waals surface area contributed by atoms with Crippen LogP contribution in [0.5, 0.6) is 17.2 Å². The van der Waals surface area contributed by atoms with Gasteiger partial charge in [-0.3, -0.25) is 4.90 Å². The smallest absolute Gasteiger partial charge is 0.231 e. The molecule has 0 radical (unpaired) electrons. The summed E-state index contributed by atoms with van der Waals surface area (Å²) in [6, 6.07) is 25.9. The van der Waals surface area contributed by atoms with Gasteiger partial charge in [0.2, 0.25) is 5.95 Å². The maximum Gasteiger partial charge on any atom is 0.231 e. The molecule has 0 aliphatic carbocycles. The Morgan fingerprint density at radius 1 is 0.854 bits per heavy atom. The average molecular weight is 550 g/mol. The van der Waals surface area contributed by atoms with Gasteiger partial charge in [-0.25, -0.2) is 9.67 Å². The minimum Gasteiger partial charge on any atom is -0.508 e. The van der Waals surface area contributed by atoms with Gasteiger partial charge in [0.1, 0.15) is 19.0 Å². The molecule has 0 fully saturated rings. The number of unbranched alkanes of at least 4 members (excludes halogenated alkanes) is 1. The maximum atomic E-state index is 10.2. The summed E-state index contributed by atoms with van der Waals surface area (Å²) in [7, 11) is 0. The van der Waals surface area contributed by atoms with Crippen molar-refractivity contribution in [2.24, 2.45) is 0 Å². The molecule has 0 amide bonds. The van der Waals surface area contributed by atoms with E-state index in [1.807, 2.05) is 41.2 Å². The predicted molar refractivity (Wildman–Crippen MR) is 158 cm³/mol. The second-order valence-electron chi connectivity index (χ2n) is 10.3. The normalized spacial score (nSPS) is 12.6. The van der Waals surface area contributed by atoms with Crippen LogP contribution in [0.4, 0.5) is 0 Å². The molecule has 0 saturated carbocycles. The Hall–Kier alpha value is -4.56. The molecule has 0 saturated heterocycles. The van der Waals surface area contributed by atoms with Gasteiger partial charge in [-0.05, 0) is 47.9 Å². The number of aromatic nitrogens is 4. The molecule has 210 valence electrons. The van der Waals surface area contributed by atoms with Crippen LogP contribution in [0, 0.1) is 0 Å². The van der Waals surface area contributed by atoms with E-state index in [9.17, 15) is 5.11 Å². The van der Waals surface area contributed by atoms with Gasteiger partial charge in [-0.1, -0.05) is 61.9 Å². The first-order chi connectivity index (χ1) is 20.2. The summed E-state index contributed by atoms with van der Waals surface area (Å²) in [5.41, 5.74) is 5.32. The molecular weight excluding hydrogens is 514 g/mol. The summed E-state index contributed by atoms with van der Waals surface area (Å²) in [5, 5.41) is 14.7. The van der Waals surface area contributed by atoms with Crippen molar-refractivity contribution in [1.82, 2.24) is 24.2 Å². The zero-order chi connectivity index (χ0) is 28.0. The molecule has 6 rings (SSSR count). The molecule has 41 heavy (non-hydrogen) atoms. The van der Waals surface area contributed by atoms with Gasteiger partial charge in [-0.2, -0.15) is 5.10 Å². The van der Waals surface area contributed by atoms with Crippen LogP contribution in [0.2, 0.25) is 0 Å². The second kappa shape index (κ2) is 12.3. The molecule has 2 aromatic heterocycles. The predicted octanol–water partition coefficient (Wildman–Crippen LogP) is 6.22. The lowest BCUT2D eigenvalue weighted by molar-refractivity contribution is 0.170. The SMILES string of the molecule is CCCCn1c(-n2cccn2)nc(-c2ccccc2)c1CN(Cc1cccc(O)c1)Cc1ccc2c(c1)OCCO2. The molecule has 8 heteroatoms. The van der Waals surface area contributed by atoms with Crippen molar-refractivity contribution < 1.29 is 14.6 Å². The minimum atomic E-state index is 0.265. The van der Waals surface area contributed by atoms with Crippen molar-refractivity contribution in [3.05, 3.63) is 108 Å². The van der Waals surface area contributed by atoms with Crippen LogP contribution in [0.15, 0.2) is 91.3 Å². The number of benzene rings is 3. The van der Waals surface area contributed by atoms with Crippen molar-refractivity contribution >= 4 is 0 Å². The van der Waals surface area contributed by atoms with Crippen molar-refractivity contribution in [2.75, 3.05) is 13.2 Å². The lowest BCUT2D eigenvalue weighted by Crippen LogP contribution is -2.25. The van der Waals surface area contributed by atoms with Crippen LogP contribution in [0.3, 0.4) is 0 Å². The Labute approximate surface area is 240 Å². The van der Waals surface area contributed by atoms with Gasteiger partial charge < -0.3 is 19.1 Å². The number of hydrogen-bond donors (Lipinski definition) is 1. The topological polar surface area (TPSA) is 77.6 Å². The third-order valence-electron chi connectivity index (χ3n) is 7.25. The highest BCUT2D eigenvalue weighted by Crippen LogP contribution is 2.33. The Morgan fingerprint density at radius 2 is 1.66 bits per heavy atom. The summed E-state index contributed by atoms with van der Waals surface area (Å²) in [6.45, 7) is 6.13. The third-order valence-corrected chi connectivity index (χ3v) is 7.25.